The highest BCUT2D eigenvalue weighted by atomic mass is 14.4. The van der Waals surface area contributed by atoms with Crippen molar-refractivity contribution in [1.29, 1.82) is 0 Å². The minimum absolute atomic E-state index is 0.221. The Hall–Kier alpha value is -0.520. The lowest BCUT2D eigenvalue weighted by Crippen LogP contribution is -2.27. The van der Waals surface area contributed by atoms with E-state index in [-0.39, 0.29) is 5.92 Å². The highest BCUT2D eigenvalue weighted by Crippen LogP contribution is 2.44. The van der Waals surface area contributed by atoms with E-state index in [9.17, 15) is 0 Å². The Morgan fingerprint density at radius 3 is 2.87 bits per heavy atom. The first-order valence-corrected chi connectivity index (χ1v) is 5.75. The number of allylic oxidation sites excluding steroid dienone is 4. The Kier molecular flexibility index (Phi) is 1.44. The van der Waals surface area contributed by atoms with Gasteiger partial charge in [0.25, 0.3) is 0 Å². The van der Waals surface area contributed by atoms with Gasteiger partial charge in [0.15, 0.2) is 0 Å². The SMILES string of the molecule is [2H]C([2H])([2H])C([2H])([C@H]1CCC(C)=C2CCC(C)=C[C@@H]21)C([2H])([2H])[2H]. The molecule has 0 aliphatic heterocycles. The standard InChI is InChI=1S/C15H24/c1-10(2)13-8-6-12(4)14-7-5-11(3)9-15(13)14/h9-10,13,15H,5-8H2,1-4H3/t13-,15-/m1/s1/i1D3,2D3,10D. The lowest BCUT2D eigenvalue weighted by molar-refractivity contribution is 0.277. The molecule has 0 aromatic heterocycles. The van der Waals surface area contributed by atoms with Crippen molar-refractivity contribution in [3.05, 3.63) is 22.8 Å². The minimum Gasteiger partial charge on any atom is -0.0781 e. The molecule has 2 aliphatic rings. The monoisotopic (exact) mass is 211 g/mol. The number of hydrogen-bond donors (Lipinski definition) is 0. The van der Waals surface area contributed by atoms with Gasteiger partial charge in [-0.05, 0) is 51.3 Å². The second-order valence-corrected chi connectivity index (χ2v) is 4.90. The van der Waals surface area contributed by atoms with E-state index in [2.05, 4.69) is 0 Å². The molecule has 2 rings (SSSR count). The number of rotatable bonds is 1. The molecule has 2 atom stereocenters. The summed E-state index contributed by atoms with van der Waals surface area (Å²) in [6.45, 7) is -1.63. The molecule has 0 saturated heterocycles. The summed E-state index contributed by atoms with van der Waals surface area (Å²) in [6, 6.07) is 0. The van der Waals surface area contributed by atoms with Crippen molar-refractivity contribution in [2.24, 2.45) is 17.7 Å². The molecule has 0 saturated carbocycles. The van der Waals surface area contributed by atoms with Crippen LogP contribution in [0.15, 0.2) is 22.8 Å². The molecular weight excluding hydrogens is 180 g/mol. The fraction of sp³-hybridized carbons (Fsp3) is 0.733. The van der Waals surface area contributed by atoms with Crippen LogP contribution in [-0.2, 0) is 0 Å². The van der Waals surface area contributed by atoms with Crippen LogP contribution in [0.25, 0.3) is 0 Å². The average molecular weight is 211 g/mol. The maximum atomic E-state index is 8.50. The van der Waals surface area contributed by atoms with Crippen molar-refractivity contribution in [3.63, 3.8) is 0 Å². The Balaban J connectivity index is 2.56. The smallest absolute Gasteiger partial charge is 0.0300 e. The zero-order chi connectivity index (χ0) is 16.9. The van der Waals surface area contributed by atoms with Crippen molar-refractivity contribution < 1.29 is 9.60 Å². The number of hydrogen-bond acceptors (Lipinski definition) is 0. The maximum Gasteiger partial charge on any atom is 0.0300 e. The van der Waals surface area contributed by atoms with E-state index in [4.69, 9.17) is 9.60 Å². The molecule has 15 heavy (non-hydrogen) atoms. The zero-order valence-electron chi connectivity index (χ0n) is 16.6. The Morgan fingerprint density at radius 1 is 1.33 bits per heavy atom. The summed E-state index contributed by atoms with van der Waals surface area (Å²) in [5.41, 5.74) is 3.56. The van der Waals surface area contributed by atoms with Crippen molar-refractivity contribution in [2.75, 3.05) is 0 Å². The van der Waals surface area contributed by atoms with Crippen LogP contribution >= 0.6 is 0 Å². The van der Waals surface area contributed by atoms with Crippen LogP contribution in [0.1, 0.15) is 62.8 Å². The molecule has 84 valence electrons. The van der Waals surface area contributed by atoms with Crippen LogP contribution in [0, 0.1) is 17.7 Å². The second kappa shape index (κ2) is 4.15. The largest absolute Gasteiger partial charge is 0.0781 e. The third-order valence-electron chi connectivity index (χ3n) is 3.84. The summed E-state index contributed by atoms with van der Waals surface area (Å²) in [7, 11) is 0. The summed E-state index contributed by atoms with van der Waals surface area (Å²) in [4.78, 5) is 0. The minimum atomic E-state index is -2.83. The zero-order valence-corrected chi connectivity index (χ0v) is 9.56. The lowest BCUT2D eigenvalue weighted by atomic mass is 9.67. The van der Waals surface area contributed by atoms with Crippen molar-refractivity contribution >= 4 is 0 Å². The van der Waals surface area contributed by atoms with E-state index >= 15 is 0 Å². The van der Waals surface area contributed by atoms with Gasteiger partial charge in [0, 0.05) is 15.5 Å². The normalized spacial score (nSPS) is 40.9. The molecule has 0 spiro atoms. The summed E-state index contributed by atoms with van der Waals surface area (Å²) in [6.07, 6.45) is 4.93. The molecule has 0 fully saturated rings. The van der Waals surface area contributed by atoms with E-state index in [0.717, 1.165) is 24.0 Å². The van der Waals surface area contributed by atoms with E-state index in [1.54, 1.807) is 0 Å². The molecule has 0 unspecified atom stereocenters. The van der Waals surface area contributed by atoms with Crippen LogP contribution in [-0.4, -0.2) is 0 Å². The van der Waals surface area contributed by atoms with Gasteiger partial charge in [-0.2, -0.15) is 0 Å². The fourth-order valence-corrected chi connectivity index (χ4v) is 2.88. The third-order valence-corrected chi connectivity index (χ3v) is 3.84. The molecule has 0 aromatic carbocycles. The first-order valence-electron chi connectivity index (χ1n) is 9.25. The van der Waals surface area contributed by atoms with E-state index in [1.807, 2.05) is 19.9 Å². The quantitative estimate of drug-likeness (QED) is 0.550. The molecule has 2 aliphatic carbocycles. The molecule has 0 nitrogen and oxygen atoms in total. The van der Waals surface area contributed by atoms with E-state index < -0.39 is 25.5 Å². The molecule has 0 aromatic rings. The van der Waals surface area contributed by atoms with Gasteiger partial charge in [-0.15, -0.1) is 0 Å². The molecule has 0 heterocycles. The van der Waals surface area contributed by atoms with Gasteiger partial charge in [-0.25, -0.2) is 0 Å². The van der Waals surface area contributed by atoms with E-state index in [0.29, 0.717) is 12.8 Å². The first kappa shape index (κ1) is 5.21. The molecule has 0 radical (unpaired) electrons. The second-order valence-electron chi connectivity index (χ2n) is 4.90. The van der Waals surface area contributed by atoms with Gasteiger partial charge in [0.2, 0.25) is 0 Å². The Labute approximate surface area is 104 Å². The van der Waals surface area contributed by atoms with Gasteiger partial charge < -0.3 is 0 Å². The summed E-state index contributed by atoms with van der Waals surface area (Å²) < 4.78 is 54.9. The predicted molar refractivity (Wildman–Crippen MR) is 66.7 cm³/mol. The Bertz CT molecular complexity index is 493. The first-order chi connectivity index (χ1) is 9.89. The van der Waals surface area contributed by atoms with E-state index in [1.165, 1.54) is 5.57 Å². The van der Waals surface area contributed by atoms with Crippen LogP contribution in [0.4, 0.5) is 0 Å². The summed E-state index contributed by atoms with van der Waals surface area (Å²) >= 11 is 0. The van der Waals surface area contributed by atoms with Crippen LogP contribution in [0.3, 0.4) is 0 Å². The Morgan fingerprint density at radius 2 is 2.13 bits per heavy atom. The molecule has 0 heteroatoms. The average Bonchev–Trinajstić information content (AvgIpc) is 2.35. The third kappa shape index (κ3) is 2.04. The topological polar surface area (TPSA) is 0 Å². The van der Waals surface area contributed by atoms with Crippen LogP contribution < -0.4 is 0 Å². The van der Waals surface area contributed by atoms with Crippen LogP contribution in [0.5, 0.6) is 0 Å². The van der Waals surface area contributed by atoms with Gasteiger partial charge in [0.05, 0.1) is 0 Å². The fourth-order valence-electron chi connectivity index (χ4n) is 2.88. The van der Waals surface area contributed by atoms with Gasteiger partial charge in [-0.3, -0.25) is 0 Å². The van der Waals surface area contributed by atoms with Gasteiger partial charge in [0.1, 0.15) is 0 Å². The predicted octanol–water partition coefficient (Wildman–Crippen LogP) is 4.73. The van der Waals surface area contributed by atoms with Gasteiger partial charge >= 0.3 is 0 Å². The van der Waals surface area contributed by atoms with Crippen molar-refractivity contribution in [1.82, 2.24) is 0 Å². The highest BCUT2D eigenvalue weighted by Gasteiger charge is 2.32. The van der Waals surface area contributed by atoms with Gasteiger partial charge in [-0.1, -0.05) is 36.5 Å². The number of fused-ring (bicyclic) bond motifs is 1. The maximum absolute atomic E-state index is 8.50. The highest BCUT2D eigenvalue weighted by molar-refractivity contribution is 5.30. The summed E-state index contributed by atoms with van der Waals surface area (Å²) in [5, 5.41) is 0. The molecule has 0 N–H and O–H groups in total. The van der Waals surface area contributed by atoms with Crippen molar-refractivity contribution in [2.45, 2.75) is 53.2 Å². The molecular formula is C15H24. The lowest BCUT2D eigenvalue weighted by Gasteiger charge is -2.38. The molecule has 0 amide bonds. The van der Waals surface area contributed by atoms with Crippen LogP contribution in [0.2, 0.25) is 0 Å². The summed E-state index contributed by atoms with van der Waals surface area (Å²) in [5.74, 6) is -3.34. The molecule has 0 bridgehead atoms. The van der Waals surface area contributed by atoms with Crippen molar-refractivity contribution in [3.8, 4) is 0 Å².